The summed E-state index contributed by atoms with van der Waals surface area (Å²) >= 11 is 2.97. The Morgan fingerprint density at radius 3 is 2.79 bits per heavy atom. The van der Waals surface area contributed by atoms with Crippen LogP contribution in [0.25, 0.3) is 10.6 Å². The summed E-state index contributed by atoms with van der Waals surface area (Å²) in [5.41, 5.74) is 1.24. The fraction of sp³-hybridized carbons (Fsp3) is 0.471. The maximum Gasteiger partial charge on any atom is 0.358 e. The van der Waals surface area contributed by atoms with Crippen LogP contribution in [0.4, 0.5) is 0 Å². The fourth-order valence-electron chi connectivity index (χ4n) is 2.73. The Kier molecular flexibility index (Phi) is 5.63. The first-order valence-electron chi connectivity index (χ1n) is 8.13. The molecular weight excluding hydrogens is 344 g/mol. The molecule has 2 heterocycles. The molecule has 24 heavy (non-hydrogen) atoms. The van der Waals surface area contributed by atoms with Crippen LogP contribution < -0.4 is 5.32 Å². The van der Waals surface area contributed by atoms with Crippen molar-refractivity contribution >= 4 is 34.6 Å². The lowest BCUT2D eigenvalue weighted by atomic mass is 9.95. The van der Waals surface area contributed by atoms with Crippen molar-refractivity contribution in [2.24, 2.45) is 0 Å². The van der Waals surface area contributed by atoms with Crippen LogP contribution in [0.2, 0.25) is 0 Å². The third-order valence-corrected chi connectivity index (χ3v) is 5.66. The average molecular weight is 364 g/mol. The Hall–Kier alpha value is -1.73. The standard InChI is InChI=1S/C17H20N2O3S2/c1-11(15(20)18-13-5-3-2-4-6-13)22-17(21)14-10-24-16(19-14)12-7-8-23-9-12/h7-11,13H,2-6H2,1H3,(H,18,20). The summed E-state index contributed by atoms with van der Waals surface area (Å²) in [5.74, 6) is -0.789. The van der Waals surface area contributed by atoms with Crippen molar-refractivity contribution in [3.05, 3.63) is 27.9 Å². The minimum Gasteiger partial charge on any atom is -0.448 e. The quantitative estimate of drug-likeness (QED) is 0.818. The lowest BCUT2D eigenvalue weighted by molar-refractivity contribution is -0.130. The Morgan fingerprint density at radius 2 is 2.08 bits per heavy atom. The lowest BCUT2D eigenvalue weighted by Crippen LogP contribution is -2.42. The molecule has 0 aliphatic heterocycles. The first kappa shape index (κ1) is 17.1. The van der Waals surface area contributed by atoms with Gasteiger partial charge in [0.1, 0.15) is 5.01 Å². The number of hydrogen-bond donors (Lipinski definition) is 1. The molecule has 1 saturated carbocycles. The third-order valence-electron chi connectivity index (χ3n) is 4.09. The predicted molar refractivity (Wildman–Crippen MR) is 95.3 cm³/mol. The number of hydrogen-bond acceptors (Lipinski definition) is 6. The third kappa shape index (κ3) is 4.21. The first-order valence-corrected chi connectivity index (χ1v) is 9.95. The molecule has 1 aliphatic carbocycles. The minimum absolute atomic E-state index is 0.205. The molecule has 2 aromatic heterocycles. The number of aromatic nitrogens is 1. The molecule has 5 nitrogen and oxygen atoms in total. The van der Waals surface area contributed by atoms with Crippen molar-refractivity contribution in [1.29, 1.82) is 0 Å². The van der Waals surface area contributed by atoms with E-state index in [0.717, 1.165) is 36.3 Å². The molecule has 0 spiro atoms. The second kappa shape index (κ2) is 7.90. The molecule has 1 fully saturated rings. The Bertz CT molecular complexity index is 691. The number of amides is 1. The van der Waals surface area contributed by atoms with Gasteiger partial charge >= 0.3 is 5.97 Å². The van der Waals surface area contributed by atoms with E-state index in [4.69, 9.17) is 4.74 Å². The largest absolute Gasteiger partial charge is 0.448 e. The minimum atomic E-state index is -0.814. The number of carbonyl (C=O) groups excluding carboxylic acids is 2. The van der Waals surface area contributed by atoms with E-state index in [2.05, 4.69) is 10.3 Å². The SMILES string of the molecule is CC(OC(=O)c1csc(-c2ccsc2)n1)C(=O)NC1CCCCC1. The highest BCUT2D eigenvalue weighted by Gasteiger charge is 2.24. The summed E-state index contributed by atoms with van der Waals surface area (Å²) in [6, 6.07) is 2.16. The highest BCUT2D eigenvalue weighted by atomic mass is 32.1. The van der Waals surface area contributed by atoms with Crippen LogP contribution in [-0.2, 0) is 9.53 Å². The van der Waals surface area contributed by atoms with E-state index < -0.39 is 12.1 Å². The highest BCUT2D eigenvalue weighted by Crippen LogP contribution is 2.26. The molecule has 0 radical (unpaired) electrons. The van der Waals surface area contributed by atoms with Crippen molar-refractivity contribution in [2.45, 2.75) is 51.2 Å². The molecule has 0 aromatic carbocycles. The molecule has 1 atom stereocenters. The van der Waals surface area contributed by atoms with Gasteiger partial charge in [0.15, 0.2) is 11.8 Å². The predicted octanol–water partition coefficient (Wildman–Crippen LogP) is 3.87. The van der Waals surface area contributed by atoms with E-state index >= 15 is 0 Å². The van der Waals surface area contributed by atoms with Gasteiger partial charge in [0.25, 0.3) is 5.91 Å². The van der Waals surface area contributed by atoms with Gasteiger partial charge in [-0.15, -0.1) is 11.3 Å². The lowest BCUT2D eigenvalue weighted by Gasteiger charge is -2.24. The molecule has 3 rings (SSSR count). The first-order chi connectivity index (χ1) is 11.6. The summed E-state index contributed by atoms with van der Waals surface area (Å²) < 4.78 is 5.27. The van der Waals surface area contributed by atoms with Gasteiger partial charge in [-0.05, 0) is 31.2 Å². The molecular formula is C17H20N2O3S2. The molecule has 1 amide bonds. The van der Waals surface area contributed by atoms with Crippen molar-refractivity contribution < 1.29 is 14.3 Å². The van der Waals surface area contributed by atoms with Gasteiger partial charge < -0.3 is 10.1 Å². The van der Waals surface area contributed by atoms with Gasteiger partial charge in [-0.1, -0.05) is 19.3 Å². The normalized spacial score (nSPS) is 16.5. The number of thiazole rings is 1. The van der Waals surface area contributed by atoms with Gasteiger partial charge in [0.05, 0.1) is 0 Å². The molecule has 1 unspecified atom stereocenters. The number of ether oxygens (including phenoxy) is 1. The molecule has 0 bridgehead atoms. The zero-order chi connectivity index (χ0) is 16.9. The van der Waals surface area contributed by atoms with E-state index in [0.29, 0.717) is 0 Å². The molecule has 128 valence electrons. The van der Waals surface area contributed by atoms with Crippen LogP contribution in [0, 0.1) is 0 Å². The molecule has 1 N–H and O–H groups in total. The van der Waals surface area contributed by atoms with Crippen LogP contribution >= 0.6 is 22.7 Å². The van der Waals surface area contributed by atoms with E-state index in [1.807, 2.05) is 16.8 Å². The average Bonchev–Trinajstić information content (AvgIpc) is 3.27. The highest BCUT2D eigenvalue weighted by molar-refractivity contribution is 7.14. The Morgan fingerprint density at radius 1 is 1.29 bits per heavy atom. The Balaban J connectivity index is 1.54. The second-order valence-electron chi connectivity index (χ2n) is 5.94. The van der Waals surface area contributed by atoms with Gasteiger partial charge in [0.2, 0.25) is 0 Å². The number of carbonyl (C=O) groups is 2. The molecule has 0 saturated heterocycles. The van der Waals surface area contributed by atoms with Crippen LogP contribution in [-0.4, -0.2) is 29.0 Å². The summed E-state index contributed by atoms with van der Waals surface area (Å²) in [5, 5.41) is 9.36. The summed E-state index contributed by atoms with van der Waals surface area (Å²) in [4.78, 5) is 28.6. The number of rotatable bonds is 5. The van der Waals surface area contributed by atoms with Gasteiger partial charge in [-0.2, -0.15) is 11.3 Å². The van der Waals surface area contributed by atoms with Crippen LogP contribution in [0.5, 0.6) is 0 Å². The molecule has 2 aromatic rings. The maximum atomic E-state index is 12.2. The second-order valence-corrected chi connectivity index (χ2v) is 7.58. The number of thiophene rings is 1. The number of nitrogens with zero attached hydrogens (tertiary/aromatic N) is 1. The van der Waals surface area contributed by atoms with Crippen LogP contribution in [0.3, 0.4) is 0 Å². The zero-order valence-electron chi connectivity index (χ0n) is 13.5. The number of esters is 1. The van der Waals surface area contributed by atoms with Crippen molar-refractivity contribution in [1.82, 2.24) is 10.3 Å². The van der Waals surface area contributed by atoms with Gasteiger partial charge in [0, 0.05) is 22.4 Å². The number of nitrogens with one attached hydrogen (secondary N) is 1. The monoisotopic (exact) mass is 364 g/mol. The zero-order valence-corrected chi connectivity index (χ0v) is 15.1. The van der Waals surface area contributed by atoms with E-state index in [-0.39, 0.29) is 17.6 Å². The summed E-state index contributed by atoms with van der Waals surface area (Å²) in [7, 11) is 0. The van der Waals surface area contributed by atoms with Crippen molar-refractivity contribution in [2.75, 3.05) is 0 Å². The molecule has 1 aliphatic rings. The van der Waals surface area contributed by atoms with Gasteiger partial charge in [-0.25, -0.2) is 9.78 Å². The summed E-state index contributed by atoms with van der Waals surface area (Å²) in [6.07, 6.45) is 4.70. The topological polar surface area (TPSA) is 68.3 Å². The smallest absolute Gasteiger partial charge is 0.358 e. The Labute approximate surface area is 149 Å². The maximum absolute atomic E-state index is 12.2. The summed E-state index contributed by atoms with van der Waals surface area (Å²) in [6.45, 7) is 1.60. The van der Waals surface area contributed by atoms with Crippen molar-refractivity contribution in [3.8, 4) is 10.6 Å². The van der Waals surface area contributed by atoms with Crippen LogP contribution in [0.15, 0.2) is 22.2 Å². The fourth-order valence-corrected chi connectivity index (χ4v) is 4.23. The van der Waals surface area contributed by atoms with E-state index in [9.17, 15) is 9.59 Å². The van der Waals surface area contributed by atoms with E-state index in [1.54, 1.807) is 23.6 Å². The molecule has 7 heteroatoms. The van der Waals surface area contributed by atoms with E-state index in [1.165, 1.54) is 17.8 Å². The van der Waals surface area contributed by atoms with Gasteiger partial charge in [-0.3, -0.25) is 4.79 Å². The van der Waals surface area contributed by atoms with Crippen molar-refractivity contribution in [3.63, 3.8) is 0 Å². The van der Waals surface area contributed by atoms with Crippen LogP contribution in [0.1, 0.15) is 49.5 Å².